The molecule has 0 aliphatic carbocycles. The van der Waals surface area contributed by atoms with E-state index >= 15 is 0 Å². The summed E-state index contributed by atoms with van der Waals surface area (Å²) >= 11 is 5.99. The van der Waals surface area contributed by atoms with E-state index in [4.69, 9.17) is 21.6 Å². The number of ether oxygens (including phenoxy) is 1. The van der Waals surface area contributed by atoms with Gasteiger partial charge in [-0.25, -0.2) is 4.79 Å². The van der Waals surface area contributed by atoms with Crippen molar-refractivity contribution < 1.29 is 14.3 Å². The van der Waals surface area contributed by atoms with E-state index in [1.165, 1.54) is 6.08 Å². The van der Waals surface area contributed by atoms with Crippen LogP contribution in [0.5, 0.6) is 0 Å². The average Bonchev–Trinajstić information content (AvgIpc) is 2.62. The second-order valence-electron chi connectivity index (χ2n) is 5.67. The van der Waals surface area contributed by atoms with Crippen LogP contribution in [0, 0.1) is 25.2 Å². The molecule has 0 radical (unpaired) electrons. The van der Waals surface area contributed by atoms with Crippen molar-refractivity contribution in [2.45, 2.75) is 13.8 Å². The average molecular weight is 369 g/mol. The van der Waals surface area contributed by atoms with Crippen LogP contribution < -0.4 is 5.32 Å². The number of nitriles is 1. The van der Waals surface area contributed by atoms with Crippen molar-refractivity contribution in [2.75, 3.05) is 11.9 Å². The minimum Gasteiger partial charge on any atom is -0.451 e. The number of nitrogens with one attached hydrogen (secondary N) is 1. The zero-order chi connectivity index (χ0) is 19.1. The predicted octanol–water partition coefficient (Wildman–Crippen LogP) is 4.05. The Kier molecular flexibility index (Phi) is 6.54. The van der Waals surface area contributed by atoms with Crippen molar-refractivity contribution in [1.82, 2.24) is 0 Å². The maximum atomic E-state index is 12.0. The molecule has 0 aliphatic heterocycles. The zero-order valence-corrected chi connectivity index (χ0v) is 15.1. The number of carbonyl (C=O) groups excluding carboxylic acids is 2. The molecule has 2 aromatic carbocycles. The van der Waals surface area contributed by atoms with Crippen LogP contribution in [0.3, 0.4) is 0 Å². The molecule has 0 aromatic heterocycles. The van der Waals surface area contributed by atoms with Crippen LogP contribution in [0.1, 0.15) is 16.7 Å². The van der Waals surface area contributed by atoms with E-state index in [9.17, 15) is 9.59 Å². The van der Waals surface area contributed by atoms with E-state index in [2.05, 4.69) is 5.32 Å². The molecular formula is C20H17ClN2O3. The van der Waals surface area contributed by atoms with Gasteiger partial charge in [0, 0.05) is 10.7 Å². The molecule has 0 bridgehead atoms. The number of halogens is 1. The van der Waals surface area contributed by atoms with Crippen molar-refractivity contribution >= 4 is 35.2 Å². The molecule has 2 rings (SSSR count). The highest BCUT2D eigenvalue weighted by Crippen LogP contribution is 2.19. The molecule has 0 atom stereocenters. The number of esters is 1. The normalized spacial score (nSPS) is 10.8. The molecule has 0 heterocycles. The van der Waals surface area contributed by atoms with Crippen LogP contribution in [0.4, 0.5) is 5.69 Å². The topological polar surface area (TPSA) is 79.2 Å². The second kappa shape index (κ2) is 8.84. The van der Waals surface area contributed by atoms with E-state index in [-0.39, 0.29) is 5.57 Å². The number of aryl methyl sites for hydroxylation is 2. The first-order valence-corrected chi connectivity index (χ1v) is 8.18. The van der Waals surface area contributed by atoms with E-state index in [1.807, 2.05) is 26.0 Å². The summed E-state index contributed by atoms with van der Waals surface area (Å²) in [7, 11) is 0. The molecule has 26 heavy (non-hydrogen) atoms. The number of benzene rings is 2. The lowest BCUT2D eigenvalue weighted by molar-refractivity contribution is -0.142. The molecule has 1 amide bonds. The van der Waals surface area contributed by atoms with Gasteiger partial charge in [0.2, 0.25) is 0 Å². The molecule has 132 valence electrons. The second-order valence-corrected chi connectivity index (χ2v) is 6.08. The summed E-state index contributed by atoms with van der Waals surface area (Å²) in [6.45, 7) is 3.28. The summed E-state index contributed by atoms with van der Waals surface area (Å²) in [6, 6.07) is 14.2. The highest BCUT2D eigenvalue weighted by Gasteiger charge is 2.13. The highest BCUT2D eigenvalue weighted by atomic mass is 35.5. The van der Waals surface area contributed by atoms with Gasteiger partial charge < -0.3 is 10.1 Å². The van der Waals surface area contributed by atoms with Gasteiger partial charge in [-0.2, -0.15) is 5.26 Å². The quantitative estimate of drug-likeness (QED) is 0.490. The predicted molar refractivity (Wildman–Crippen MR) is 101 cm³/mol. The fourth-order valence-corrected chi connectivity index (χ4v) is 2.22. The molecule has 0 fully saturated rings. The minimum absolute atomic E-state index is 0.181. The first kappa shape index (κ1) is 19.2. The SMILES string of the molecule is Cc1ccc(/C=C(\C#N)C(=O)OCC(=O)Nc2ccc(C)c(Cl)c2)cc1. The third kappa shape index (κ3) is 5.47. The van der Waals surface area contributed by atoms with Crippen LogP contribution in [-0.4, -0.2) is 18.5 Å². The van der Waals surface area contributed by atoms with Gasteiger partial charge in [0.1, 0.15) is 11.6 Å². The fraction of sp³-hybridized carbons (Fsp3) is 0.150. The number of hydrogen-bond donors (Lipinski definition) is 1. The van der Waals surface area contributed by atoms with Gasteiger partial charge in [-0.1, -0.05) is 47.5 Å². The third-order valence-corrected chi connectivity index (χ3v) is 3.93. The van der Waals surface area contributed by atoms with Gasteiger partial charge in [0.15, 0.2) is 6.61 Å². The summed E-state index contributed by atoms with van der Waals surface area (Å²) in [6.07, 6.45) is 1.42. The monoisotopic (exact) mass is 368 g/mol. The zero-order valence-electron chi connectivity index (χ0n) is 14.4. The summed E-state index contributed by atoms with van der Waals surface area (Å²) in [5, 5.41) is 12.2. The number of anilines is 1. The maximum absolute atomic E-state index is 12.0. The molecule has 0 saturated heterocycles. The van der Waals surface area contributed by atoms with Crippen LogP contribution in [0.25, 0.3) is 6.08 Å². The third-order valence-electron chi connectivity index (χ3n) is 3.52. The number of rotatable bonds is 5. The van der Waals surface area contributed by atoms with Gasteiger partial charge in [-0.15, -0.1) is 0 Å². The molecular weight excluding hydrogens is 352 g/mol. The van der Waals surface area contributed by atoms with E-state index in [0.717, 1.165) is 11.1 Å². The first-order valence-electron chi connectivity index (χ1n) is 7.80. The van der Waals surface area contributed by atoms with E-state index in [1.54, 1.807) is 36.4 Å². The molecule has 0 spiro atoms. The van der Waals surface area contributed by atoms with Crippen molar-refractivity contribution in [3.63, 3.8) is 0 Å². The van der Waals surface area contributed by atoms with Crippen molar-refractivity contribution in [3.8, 4) is 6.07 Å². The molecule has 1 N–H and O–H groups in total. The molecule has 0 unspecified atom stereocenters. The number of carbonyl (C=O) groups is 2. The van der Waals surface area contributed by atoms with Gasteiger partial charge in [-0.3, -0.25) is 4.79 Å². The van der Waals surface area contributed by atoms with Gasteiger partial charge in [-0.05, 0) is 43.2 Å². The standard InChI is InChI=1S/C20H17ClN2O3/c1-13-3-6-15(7-4-13)9-16(11-22)20(25)26-12-19(24)23-17-8-5-14(2)18(21)10-17/h3-10H,12H2,1-2H3,(H,23,24)/b16-9+. The Hall–Kier alpha value is -3.10. The molecule has 5 nitrogen and oxygen atoms in total. The van der Waals surface area contributed by atoms with Crippen LogP contribution >= 0.6 is 11.6 Å². The van der Waals surface area contributed by atoms with Gasteiger partial charge >= 0.3 is 5.97 Å². The van der Waals surface area contributed by atoms with Gasteiger partial charge in [0.25, 0.3) is 5.91 Å². The van der Waals surface area contributed by atoms with Crippen molar-refractivity contribution in [2.24, 2.45) is 0 Å². The Bertz CT molecular complexity index is 896. The van der Waals surface area contributed by atoms with Crippen molar-refractivity contribution in [3.05, 3.63) is 69.8 Å². The molecule has 0 saturated carbocycles. The highest BCUT2D eigenvalue weighted by molar-refractivity contribution is 6.31. The summed E-state index contributed by atoms with van der Waals surface area (Å²) in [5.74, 6) is -1.38. The Morgan fingerprint density at radius 3 is 2.50 bits per heavy atom. The fourth-order valence-electron chi connectivity index (χ4n) is 2.04. The molecule has 2 aromatic rings. The number of hydrogen-bond acceptors (Lipinski definition) is 4. The Balaban J connectivity index is 1.95. The lowest BCUT2D eigenvalue weighted by Crippen LogP contribution is -2.21. The number of amides is 1. The smallest absolute Gasteiger partial charge is 0.349 e. The van der Waals surface area contributed by atoms with Crippen molar-refractivity contribution in [1.29, 1.82) is 5.26 Å². The number of nitrogens with zero attached hydrogens (tertiary/aromatic N) is 1. The summed E-state index contributed by atoms with van der Waals surface area (Å²) in [5.41, 5.74) is 2.97. The maximum Gasteiger partial charge on any atom is 0.349 e. The van der Waals surface area contributed by atoms with Crippen LogP contribution in [-0.2, 0) is 14.3 Å². The van der Waals surface area contributed by atoms with E-state index < -0.39 is 18.5 Å². The summed E-state index contributed by atoms with van der Waals surface area (Å²) in [4.78, 5) is 23.9. The summed E-state index contributed by atoms with van der Waals surface area (Å²) < 4.78 is 4.90. The Morgan fingerprint density at radius 1 is 1.19 bits per heavy atom. The molecule has 0 aliphatic rings. The largest absolute Gasteiger partial charge is 0.451 e. The first-order chi connectivity index (χ1) is 12.4. The Morgan fingerprint density at radius 2 is 1.88 bits per heavy atom. The molecule has 6 heteroatoms. The van der Waals surface area contributed by atoms with E-state index in [0.29, 0.717) is 16.3 Å². The lowest BCUT2D eigenvalue weighted by atomic mass is 10.1. The lowest BCUT2D eigenvalue weighted by Gasteiger charge is -2.07. The Labute approximate surface area is 156 Å². The van der Waals surface area contributed by atoms with Crippen LogP contribution in [0.2, 0.25) is 5.02 Å². The van der Waals surface area contributed by atoms with Crippen LogP contribution in [0.15, 0.2) is 48.0 Å². The van der Waals surface area contributed by atoms with Gasteiger partial charge in [0.05, 0.1) is 0 Å². The minimum atomic E-state index is -0.856.